The van der Waals surface area contributed by atoms with Crippen molar-refractivity contribution in [2.75, 3.05) is 12.8 Å². The number of carbonyl (C=O) groups is 1. The van der Waals surface area contributed by atoms with Crippen molar-refractivity contribution in [1.82, 2.24) is 15.3 Å². The normalized spacial score (nSPS) is 10.5. The summed E-state index contributed by atoms with van der Waals surface area (Å²) < 4.78 is 10.2. The molecule has 7 nitrogen and oxygen atoms in total. The van der Waals surface area contributed by atoms with E-state index in [1.807, 2.05) is 0 Å². The van der Waals surface area contributed by atoms with Gasteiger partial charge in [0.1, 0.15) is 24.0 Å². The smallest absolute Gasteiger partial charge is 0.287 e. The van der Waals surface area contributed by atoms with Crippen LogP contribution in [-0.2, 0) is 17.9 Å². The van der Waals surface area contributed by atoms with Gasteiger partial charge in [-0.05, 0) is 19.1 Å². The Hall–Kier alpha value is -2.41. The summed E-state index contributed by atoms with van der Waals surface area (Å²) in [6.45, 7) is 2.32. The Morgan fingerprint density at radius 1 is 1.50 bits per heavy atom. The van der Waals surface area contributed by atoms with Crippen molar-refractivity contribution in [3.8, 4) is 0 Å². The van der Waals surface area contributed by atoms with Crippen molar-refractivity contribution in [3.05, 3.63) is 41.2 Å². The average molecular weight is 276 g/mol. The molecule has 2 heterocycles. The number of carbonyl (C=O) groups excluding carboxylic acids is 1. The third kappa shape index (κ3) is 3.33. The van der Waals surface area contributed by atoms with Crippen molar-refractivity contribution in [1.29, 1.82) is 0 Å². The lowest BCUT2D eigenvalue weighted by molar-refractivity contribution is 0.0914. The highest BCUT2D eigenvalue weighted by Gasteiger charge is 2.12. The van der Waals surface area contributed by atoms with Crippen LogP contribution in [0.2, 0.25) is 0 Å². The molecule has 0 aromatic carbocycles. The van der Waals surface area contributed by atoms with Crippen molar-refractivity contribution < 1.29 is 13.9 Å². The van der Waals surface area contributed by atoms with Crippen LogP contribution in [0, 0.1) is 6.92 Å². The van der Waals surface area contributed by atoms with E-state index in [0.717, 1.165) is 0 Å². The van der Waals surface area contributed by atoms with E-state index in [1.54, 1.807) is 32.4 Å². The van der Waals surface area contributed by atoms with Crippen molar-refractivity contribution in [3.63, 3.8) is 0 Å². The third-order valence-corrected chi connectivity index (χ3v) is 2.63. The lowest BCUT2D eigenvalue weighted by Crippen LogP contribution is -2.23. The minimum absolute atomic E-state index is 0.226. The molecular formula is C13H16N4O3. The zero-order chi connectivity index (χ0) is 14.5. The van der Waals surface area contributed by atoms with Gasteiger partial charge in [-0.3, -0.25) is 4.79 Å². The molecule has 0 aliphatic heterocycles. The van der Waals surface area contributed by atoms with E-state index < -0.39 is 0 Å². The molecule has 7 heteroatoms. The molecule has 0 unspecified atom stereocenters. The van der Waals surface area contributed by atoms with Crippen LogP contribution in [0.25, 0.3) is 0 Å². The van der Waals surface area contributed by atoms with Gasteiger partial charge in [-0.2, -0.15) is 0 Å². The number of nitrogens with two attached hydrogens (primary N) is 1. The summed E-state index contributed by atoms with van der Waals surface area (Å²) in [6.07, 6.45) is 1.59. The van der Waals surface area contributed by atoms with E-state index in [-0.39, 0.29) is 18.2 Å². The van der Waals surface area contributed by atoms with Gasteiger partial charge in [0.25, 0.3) is 5.91 Å². The molecule has 2 aromatic rings. The number of ether oxygens (including phenoxy) is 1. The Labute approximate surface area is 116 Å². The van der Waals surface area contributed by atoms with Gasteiger partial charge in [-0.1, -0.05) is 0 Å². The largest absolute Gasteiger partial charge is 0.453 e. The zero-order valence-electron chi connectivity index (χ0n) is 11.3. The maximum absolute atomic E-state index is 11.9. The first-order valence-electron chi connectivity index (χ1n) is 6.04. The second-order valence-corrected chi connectivity index (χ2v) is 4.21. The molecule has 106 valence electrons. The van der Waals surface area contributed by atoms with Gasteiger partial charge in [0, 0.05) is 25.4 Å². The number of aryl methyl sites for hydroxylation is 1. The fourth-order valence-corrected chi connectivity index (χ4v) is 1.63. The number of amides is 1. The van der Waals surface area contributed by atoms with Gasteiger partial charge in [0.15, 0.2) is 5.76 Å². The highest BCUT2D eigenvalue weighted by Crippen LogP contribution is 2.10. The summed E-state index contributed by atoms with van der Waals surface area (Å²) in [5.41, 5.74) is 6.41. The topological polar surface area (TPSA) is 103 Å². The van der Waals surface area contributed by atoms with Gasteiger partial charge in [-0.15, -0.1) is 0 Å². The number of aromatic nitrogens is 2. The summed E-state index contributed by atoms with van der Waals surface area (Å²) in [5, 5.41) is 2.70. The number of nitrogens with one attached hydrogen (secondary N) is 1. The molecule has 2 rings (SSSR count). The molecule has 3 N–H and O–H groups in total. The van der Waals surface area contributed by atoms with E-state index in [0.29, 0.717) is 29.6 Å². The van der Waals surface area contributed by atoms with Gasteiger partial charge in [0.05, 0.1) is 0 Å². The molecular weight excluding hydrogens is 260 g/mol. The van der Waals surface area contributed by atoms with Gasteiger partial charge < -0.3 is 20.2 Å². The number of hydrogen-bond acceptors (Lipinski definition) is 6. The number of hydrogen-bond donors (Lipinski definition) is 2. The van der Waals surface area contributed by atoms with E-state index in [2.05, 4.69) is 15.3 Å². The van der Waals surface area contributed by atoms with Gasteiger partial charge in [-0.25, -0.2) is 9.97 Å². The molecule has 0 aliphatic rings. The van der Waals surface area contributed by atoms with Crippen LogP contribution >= 0.6 is 0 Å². The first kappa shape index (κ1) is 14.0. The molecule has 0 atom stereocenters. The van der Waals surface area contributed by atoms with Crippen molar-refractivity contribution in [2.45, 2.75) is 20.1 Å². The lowest BCUT2D eigenvalue weighted by Gasteiger charge is -2.06. The van der Waals surface area contributed by atoms with Crippen LogP contribution in [0.3, 0.4) is 0 Å². The minimum atomic E-state index is -0.327. The van der Waals surface area contributed by atoms with Gasteiger partial charge in [0.2, 0.25) is 0 Å². The number of nitrogen functional groups attached to an aromatic ring is 1. The predicted molar refractivity (Wildman–Crippen MR) is 71.8 cm³/mol. The van der Waals surface area contributed by atoms with Crippen LogP contribution in [0.5, 0.6) is 0 Å². The molecule has 0 saturated heterocycles. The molecule has 0 aliphatic carbocycles. The van der Waals surface area contributed by atoms with Crippen LogP contribution in [0.4, 0.5) is 5.82 Å². The maximum atomic E-state index is 11.9. The first-order valence-corrected chi connectivity index (χ1v) is 6.04. The summed E-state index contributed by atoms with van der Waals surface area (Å²) in [5.74, 6) is 1.44. The standard InChI is InChI=1S/C13H16N4O3/c1-8-15-5-9(12(14)17-8)6-16-13(18)11-4-3-10(20-11)7-19-2/h3-5H,6-7H2,1-2H3,(H,16,18)(H2,14,15,17). The van der Waals surface area contributed by atoms with E-state index >= 15 is 0 Å². The minimum Gasteiger partial charge on any atom is -0.453 e. The monoisotopic (exact) mass is 276 g/mol. The van der Waals surface area contributed by atoms with Crippen molar-refractivity contribution >= 4 is 11.7 Å². The molecule has 0 fully saturated rings. The highest BCUT2D eigenvalue weighted by atomic mass is 16.5. The summed E-state index contributed by atoms with van der Waals surface area (Å²) in [4.78, 5) is 20.0. The molecule has 2 aromatic heterocycles. The van der Waals surface area contributed by atoms with Crippen LogP contribution in [0.1, 0.15) is 27.7 Å². The average Bonchev–Trinajstić information content (AvgIpc) is 2.86. The molecule has 1 amide bonds. The Kier molecular flexibility index (Phi) is 4.31. The number of nitrogens with zero attached hydrogens (tertiary/aromatic N) is 2. The number of furan rings is 1. The predicted octanol–water partition coefficient (Wildman–Crippen LogP) is 1.04. The zero-order valence-corrected chi connectivity index (χ0v) is 11.3. The van der Waals surface area contributed by atoms with E-state index in [4.69, 9.17) is 14.9 Å². The highest BCUT2D eigenvalue weighted by molar-refractivity contribution is 5.91. The Bertz CT molecular complexity index is 609. The Morgan fingerprint density at radius 3 is 3.00 bits per heavy atom. The van der Waals surface area contributed by atoms with Crippen LogP contribution in [-0.4, -0.2) is 23.0 Å². The second-order valence-electron chi connectivity index (χ2n) is 4.21. The lowest BCUT2D eigenvalue weighted by atomic mass is 10.3. The van der Waals surface area contributed by atoms with E-state index in [1.165, 1.54) is 0 Å². The molecule has 0 bridgehead atoms. The van der Waals surface area contributed by atoms with Crippen LogP contribution in [0.15, 0.2) is 22.7 Å². The van der Waals surface area contributed by atoms with Gasteiger partial charge >= 0.3 is 0 Å². The SMILES string of the molecule is COCc1ccc(C(=O)NCc2cnc(C)nc2N)o1. The Morgan fingerprint density at radius 2 is 2.30 bits per heavy atom. The van der Waals surface area contributed by atoms with Crippen LogP contribution < -0.4 is 11.1 Å². The number of methoxy groups -OCH3 is 1. The summed E-state index contributed by atoms with van der Waals surface area (Å²) in [7, 11) is 1.56. The summed E-state index contributed by atoms with van der Waals surface area (Å²) in [6, 6.07) is 3.29. The molecule has 0 saturated carbocycles. The number of anilines is 1. The Balaban J connectivity index is 1.97. The first-order chi connectivity index (χ1) is 9.60. The molecule has 20 heavy (non-hydrogen) atoms. The second kappa shape index (κ2) is 6.16. The third-order valence-electron chi connectivity index (χ3n) is 2.63. The van der Waals surface area contributed by atoms with E-state index in [9.17, 15) is 4.79 Å². The fourth-order valence-electron chi connectivity index (χ4n) is 1.63. The summed E-state index contributed by atoms with van der Waals surface area (Å²) >= 11 is 0. The maximum Gasteiger partial charge on any atom is 0.287 e. The molecule has 0 radical (unpaired) electrons. The molecule has 0 spiro atoms. The van der Waals surface area contributed by atoms with Crippen molar-refractivity contribution in [2.24, 2.45) is 0 Å². The fraction of sp³-hybridized carbons (Fsp3) is 0.308. The quantitative estimate of drug-likeness (QED) is 0.845. The number of rotatable bonds is 5.